The summed E-state index contributed by atoms with van der Waals surface area (Å²) < 4.78 is 8.06. The highest BCUT2D eigenvalue weighted by atomic mass is 35.5. The number of nitrogens with zero attached hydrogens (tertiary/aromatic N) is 3. The fraction of sp³-hybridized carbons (Fsp3) is 0.167. The summed E-state index contributed by atoms with van der Waals surface area (Å²) in [5.41, 5.74) is 1.79. The van der Waals surface area contributed by atoms with Gasteiger partial charge in [-0.15, -0.1) is 10.1 Å². The Bertz CT molecular complexity index is 950. The second-order valence-electron chi connectivity index (χ2n) is 5.71. The molecule has 3 rings (SSSR count). The quantitative estimate of drug-likeness (QED) is 0.341. The maximum atomic E-state index is 8.36. The molecule has 1 atom stereocenters. The SMILES string of the molecule is Clc1ccc(C(Cn2ccnc2)OCc2ccc(Cl)c(Cl)c2)c(Cl)c1.O=[N+]([O-])O. The van der Waals surface area contributed by atoms with Crippen LogP contribution in [0.2, 0.25) is 20.1 Å². The van der Waals surface area contributed by atoms with E-state index in [9.17, 15) is 0 Å². The molecule has 7 nitrogen and oxygen atoms in total. The minimum atomic E-state index is -1.50. The molecule has 2 aromatic carbocycles. The van der Waals surface area contributed by atoms with E-state index in [1.165, 1.54) is 0 Å². The van der Waals surface area contributed by atoms with E-state index in [4.69, 9.17) is 66.5 Å². The molecule has 1 unspecified atom stereocenters. The van der Waals surface area contributed by atoms with E-state index in [-0.39, 0.29) is 6.10 Å². The first-order chi connectivity index (χ1) is 13.8. The Hall–Kier alpha value is -2.03. The van der Waals surface area contributed by atoms with E-state index in [0.717, 1.165) is 11.1 Å². The largest absolute Gasteiger partial charge is 0.367 e. The highest BCUT2D eigenvalue weighted by Crippen LogP contribution is 2.31. The average molecular weight is 479 g/mol. The summed E-state index contributed by atoms with van der Waals surface area (Å²) in [6.07, 6.45) is 5.06. The second-order valence-corrected chi connectivity index (χ2v) is 7.37. The molecule has 0 aliphatic heterocycles. The topological polar surface area (TPSA) is 90.4 Å². The molecule has 1 heterocycles. The van der Waals surface area contributed by atoms with Crippen LogP contribution in [0.1, 0.15) is 17.2 Å². The van der Waals surface area contributed by atoms with E-state index in [2.05, 4.69) is 4.98 Å². The Morgan fingerprint density at radius 3 is 2.41 bits per heavy atom. The van der Waals surface area contributed by atoms with Crippen molar-refractivity contribution in [3.05, 3.63) is 96.5 Å². The van der Waals surface area contributed by atoms with Crippen molar-refractivity contribution < 1.29 is 15.0 Å². The maximum absolute atomic E-state index is 8.36. The monoisotopic (exact) mass is 477 g/mol. The summed E-state index contributed by atoms with van der Waals surface area (Å²) in [7, 11) is 0. The zero-order chi connectivity index (χ0) is 21.4. The minimum absolute atomic E-state index is 0.270. The summed E-state index contributed by atoms with van der Waals surface area (Å²) in [6, 6.07) is 10.8. The van der Waals surface area contributed by atoms with Crippen LogP contribution >= 0.6 is 46.4 Å². The smallest absolute Gasteiger partial charge is 0.291 e. The van der Waals surface area contributed by atoms with Crippen LogP contribution in [0.15, 0.2) is 55.1 Å². The van der Waals surface area contributed by atoms with Gasteiger partial charge in [0, 0.05) is 28.0 Å². The highest BCUT2D eigenvalue weighted by Gasteiger charge is 2.17. The van der Waals surface area contributed by atoms with E-state index < -0.39 is 5.09 Å². The van der Waals surface area contributed by atoms with Gasteiger partial charge in [0.25, 0.3) is 5.09 Å². The number of rotatable bonds is 6. The fourth-order valence-corrected chi connectivity index (χ4v) is 3.27. The third-order valence-corrected chi connectivity index (χ3v) is 4.98. The normalized spacial score (nSPS) is 11.4. The van der Waals surface area contributed by atoms with Crippen molar-refractivity contribution in [1.82, 2.24) is 9.55 Å². The van der Waals surface area contributed by atoms with Crippen LogP contribution in [-0.4, -0.2) is 19.8 Å². The van der Waals surface area contributed by atoms with Crippen molar-refractivity contribution in [3.63, 3.8) is 0 Å². The van der Waals surface area contributed by atoms with E-state index >= 15 is 0 Å². The van der Waals surface area contributed by atoms with Gasteiger partial charge in [0.15, 0.2) is 0 Å². The molecule has 29 heavy (non-hydrogen) atoms. The van der Waals surface area contributed by atoms with Gasteiger partial charge in [-0.2, -0.15) is 0 Å². The molecule has 1 N–H and O–H groups in total. The van der Waals surface area contributed by atoms with Crippen molar-refractivity contribution in [3.8, 4) is 0 Å². The predicted molar refractivity (Wildman–Crippen MR) is 111 cm³/mol. The van der Waals surface area contributed by atoms with Gasteiger partial charge < -0.3 is 14.5 Å². The fourth-order valence-electron chi connectivity index (χ4n) is 2.42. The zero-order valence-corrected chi connectivity index (χ0v) is 17.7. The summed E-state index contributed by atoms with van der Waals surface area (Å²) in [6.45, 7) is 0.942. The van der Waals surface area contributed by atoms with E-state index in [0.29, 0.717) is 33.2 Å². The van der Waals surface area contributed by atoms with Gasteiger partial charge in [-0.1, -0.05) is 58.5 Å². The Morgan fingerprint density at radius 2 is 1.83 bits per heavy atom. The molecule has 0 amide bonds. The first kappa shape index (κ1) is 23.3. The summed E-state index contributed by atoms with van der Waals surface area (Å²) in [5.74, 6) is 0. The van der Waals surface area contributed by atoms with Gasteiger partial charge in [0.1, 0.15) is 6.10 Å². The number of ether oxygens (including phenoxy) is 1. The van der Waals surface area contributed by atoms with Crippen LogP contribution in [0, 0.1) is 10.1 Å². The molecule has 0 aliphatic rings. The minimum Gasteiger partial charge on any atom is -0.367 e. The van der Waals surface area contributed by atoms with Gasteiger partial charge in [-0.25, -0.2) is 4.98 Å². The maximum Gasteiger partial charge on any atom is 0.291 e. The first-order valence-corrected chi connectivity index (χ1v) is 9.57. The van der Waals surface area contributed by atoms with Crippen molar-refractivity contribution in [2.75, 3.05) is 0 Å². The molecule has 0 bridgehead atoms. The lowest BCUT2D eigenvalue weighted by Gasteiger charge is -2.20. The van der Waals surface area contributed by atoms with E-state index in [1.54, 1.807) is 36.8 Å². The van der Waals surface area contributed by atoms with Crippen LogP contribution in [0.4, 0.5) is 0 Å². The van der Waals surface area contributed by atoms with Gasteiger partial charge in [-0.05, 0) is 29.8 Å². The molecule has 0 saturated heterocycles. The standard InChI is InChI=1S/C18H14Cl4N2O.HNO3/c19-13-2-3-14(16(21)8-13)18(9-24-6-5-23-11-24)25-10-12-1-4-15(20)17(22)7-12;2-1(3)4/h1-8,11,18H,9-10H2;(H,2,3,4). The number of aromatic nitrogens is 2. The van der Waals surface area contributed by atoms with Crippen LogP contribution in [0.3, 0.4) is 0 Å². The van der Waals surface area contributed by atoms with Crippen LogP contribution in [0.5, 0.6) is 0 Å². The molecule has 11 heteroatoms. The van der Waals surface area contributed by atoms with Crippen LogP contribution < -0.4 is 0 Å². The molecule has 0 aliphatic carbocycles. The molecule has 0 fully saturated rings. The molecule has 0 saturated carbocycles. The Morgan fingerprint density at radius 1 is 1.10 bits per heavy atom. The third kappa shape index (κ3) is 7.72. The number of hydrogen-bond donors (Lipinski definition) is 1. The number of benzene rings is 2. The lowest BCUT2D eigenvalue weighted by atomic mass is 10.1. The van der Waals surface area contributed by atoms with Gasteiger partial charge >= 0.3 is 0 Å². The average Bonchev–Trinajstić information content (AvgIpc) is 3.14. The first-order valence-electron chi connectivity index (χ1n) is 8.05. The van der Waals surface area contributed by atoms with Crippen molar-refractivity contribution in [2.45, 2.75) is 19.3 Å². The van der Waals surface area contributed by atoms with E-state index in [1.807, 2.05) is 22.9 Å². The van der Waals surface area contributed by atoms with Crippen LogP contribution in [-0.2, 0) is 17.9 Å². The van der Waals surface area contributed by atoms with Gasteiger partial charge in [0.2, 0.25) is 0 Å². The molecule has 1 aromatic heterocycles. The lowest BCUT2D eigenvalue weighted by Crippen LogP contribution is -2.12. The lowest BCUT2D eigenvalue weighted by molar-refractivity contribution is -0.742. The Kier molecular flexibility index (Phi) is 9.00. The molecule has 154 valence electrons. The summed E-state index contributed by atoms with van der Waals surface area (Å²) in [4.78, 5) is 12.4. The number of imidazole rings is 1. The molecule has 0 spiro atoms. The second kappa shape index (κ2) is 11.2. The van der Waals surface area contributed by atoms with Gasteiger partial charge in [0.05, 0.1) is 29.5 Å². The zero-order valence-electron chi connectivity index (χ0n) is 14.7. The molecular weight excluding hydrogens is 464 g/mol. The Labute approximate surface area is 186 Å². The Balaban J connectivity index is 0.000000687. The van der Waals surface area contributed by atoms with Crippen molar-refractivity contribution in [2.24, 2.45) is 0 Å². The molecule has 0 radical (unpaired) electrons. The van der Waals surface area contributed by atoms with Crippen molar-refractivity contribution >= 4 is 46.4 Å². The summed E-state index contributed by atoms with van der Waals surface area (Å²) >= 11 is 24.4. The third-order valence-electron chi connectivity index (χ3n) is 3.68. The highest BCUT2D eigenvalue weighted by molar-refractivity contribution is 6.42. The predicted octanol–water partition coefficient (Wildman–Crippen LogP) is 6.11. The summed E-state index contributed by atoms with van der Waals surface area (Å²) in [5, 5.41) is 15.8. The number of hydrogen-bond acceptors (Lipinski definition) is 4. The number of halogens is 4. The van der Waals surface area contributed by atoms with Gasteiger partial charge in [-0.3, -0.25) is 0 Å². The molecule has 3 aromatic rings. The molecular formula is C18H15Cl4N3O4. The van der Waals surface area contributed by atoms with Crippen LogP contribution in [0.25, 0.3) is 0 Å². The van der Waals surface area contributed by atoms with Crippen molar-refractivity contribution in [1.29, 1.82) is 0 Å².